The Morgan fingerprint density at radius 3 is 2.52 bits per heavy atom. The van der Waals surface area contributed by atoms with Gasteiger partial charge in [-0.3, -0.25) is 19.3 Å². The van der Waals surface area contributed by atoms with Crippen LogP contribution in [-0.4, -0.2) is 63.1 Å². The maximum atomic E-state index is 13.6. The van der Waals surface area contributed by atoms with Crippen molar-refractivity contribution in [3.63, 3.8) is 0 Å². The van der Waals surface area contributed by atoms with Crippen LogP contribution in [0.1, 0.15) is 99.2 Å². The highest BCUT2D eigenvalue weighted by molar-refractivity contribution is 7.99. The Balaban J connectivity index is 1.41. The number of thioether (sulfide) groups is 1. The molecule has 10 heteroatoms. The number of ketones is 1. The van der Waals surface area contributed by atoms with Gasteiger partial charge >= 0.3 is 0 Å². The summed E-state index contributed by atoms with van der Waals surface area (Å²) >= 11 is 1.39. The molecule has 218 valence electrons. The van der Waals surface area contributed by atoms with Crippen LogP contribution in [0.15, 0.2) is 33.9 Å². The minimum Gasteiger partial charge on any atom is -0.408 e. The summed E-state index contributed by atoms with van der Waals surface area (Å²) in [6.07, 6.45) is 6.12. The van der Waals surface area contributed by atoms with E-state index in [1.807, 2.05) is 45.9 Å². The van der Waals surface area contributed by atoms with E-state index in [9.17, 15) is 14.4 Å². The average molecular weight is 570 g/mol. The van der Waals surface area contributed by atoms with Gasteiger partial charge in [-0.2, -0.15) is 0 Å². The van der Waals surface area contributed by atoms with E-state index in [0.717, 1.165) is 44.5 Å². The van der Waals surface area contributed by atoms with Crippen LogP contribution in [0.25, 0.3) is 0 Å². The normalized spacial score (nSPS) is 20.6. The van der Waals surface area contributed by atoms with Gasteiger partial charge in [-0.05, 0) is 68.8 Å². The molecule has 0 spiro atoms. The third-order valence-electron chi connectivity index (χ3n) is 7.51. The van der Waals surface area contributed by atoms with Gasteiger partial charge in [-0.25, -0.2) is 0 Å². The minimum atomic E-state index is -0.773. The Kier molecular flexibility index (Phi) is 10.8. The molecule has 1 aromatic carbocycles. The van der Waals surface area contributed by atoms with Crippen LogP contribution in [0.5, 0.6) is 0 Å². The Labute approximate surface area is 241 Å². The van der Waals surface area contributed by atoms with Crippen molar-refractivity contribution < 1.29 is 18.8 Å². The number of Topliss-reactive ketones (excluding diaryl/α,β-unsaturated/α-hetero) is 1. The fourth-order valence-electron chi connectivity index (χ4n) is 5.57. The van der Waals surface area contributed by atoms with E-state index < -0.39 is 12.0 Å². The van der Waals surface area contributed by atoms with Crippen molar-refractivity contribution in [1.29, 1.82) is 0 Å². The molecule has 2 N–H and O–H groups in total. The molecule has 2 aromatic rings. The van der Waals surface area contributed by atoms with Crippen molar-refractivity contribution in [3.05, 3.63) is 41.3 Å². The van der Waals surface area contributed by atoms with Crippen LogP contribution < -0.4 is 10.6 Å². The molecule has 0 bridgehead atoms. The number of aromatic nitrogens is 2. The van der Waals surface area contributed by atoms with Gasteiger partial charge in [0.1, 0.15) is 0 Å². The van der Waals surface area contributed by atoms with E-state index in [1.165, 1.54) is 24.6 Å². The average Bonchev–Trinajstić information content (AvgIpc) is 3.60. The molecule has 1 aromatic heterocycles. The molecule has 0 unspecified atom stereocenters. The molecule has 9 nitrogen and oxygen atoms in total. The lowest BCUT2D eigenvalue weighted by Crippen LogP contribution is -2.52. The van der Waals surface area contributed by atoms with Crippen molar-refractivity contribution >= 4 is 29.4 Å². The Hall–Kier alpha value is -2.72. The molecule has 1 aliphatic heterocycles. The molecule has 2 amide bonds. The fraction of sp³-hybridized carbons (Fsp3) is 0.633. The first-order valence-electron chi connectivity index (χ1n) is 14.7. The first-order chi connectivity index (χ1) is 19.2. The maximum Gasteiger partial charge on any atom is 0.286 e. The maximum absolute atomic E-state index is 13.6. The second kappa shape index (κ2) is 14.3. The summed E-state index contributed by atoms with van der Waals surface area (Å²) in [5, 5.41) is 14.6. The number of hydrogen-bond donors (Lipinski definition) is 2. The molecule has 2 fully saturated rings. The van der Waals surface area contributed by atoms with Crippen molar-refractivity contribution in [3.8, 4) is 0 Å². The number of amides is 2. The Bertz CT molecular complexity index is 1160. The standard InChI is InChI=1S/C30H43N5O4S/c1-19(2)16-25(26(36)29-33-34-30(39-29)40-20(3)4)32-28(38)23-12-5-6-13-24(23)31-27(37)22-11-9-10-21(17-22)18-35-14-7-8-15-35/h9-11,17,19-20,23-25H,5-8,12-16,18H2,1-4H3,(H,31,37)(H,32,38)/t23-,24+,25+/m1/s1. The SMILES string of the molecule is CC(C)C[C@H](NC(=O)[C@@H]1CCCC[C@@H]1NC(=O)c1cccc(CN2CCCC2)c1)C(=O)c1nnc(SC(C)C)o1. The smallest absolute Gasteiger partial charge is 0.286 e. The lowest BCUT2D eigenvalue weighted by Gasteiger charge is -2.32. The molecule has 2 heterocycles. The molecule has 4 rings (SSSR count). The van der Waals surface area contributed by atoms with Crippen LogP contribution in [0, 0.1) is 11.8 Å². The summed E-state index contributed by atoms with van der Waals surface area (Å²) in [4.78, 5) is 42.5. The van der Waals surface area contributed by atoms with E-state index in [1.54, 1.807) is 0 Å². The molecule has 1 saturated carbocycles. The molecule has 2 aliphatic rings. The van der Waals surface area contributed by atoms with E-state index in [2.05, 4.69) is 31.8 Å². The number of benzene rings is 1. The van der Waals surface area contributed by atoms with Gasteiger partial charge in [0.2, 0.25) is 11.7 Å². The van der Waals surface area contributed by atoms with Gasteiger partial charge in [0.25, 0.3) is 17.0 Å². The van der Waals surface area contributed by atoms with E-state index in [-0.39, 0.29) is 40.7 Å². The number of nitrogens with zero attached hydrogens (tertiary/aromatic N) is 3. The number of hydrogen-bond acceptors (Lipinski definition) is 8. The Morgan fingerprint density at radius 2 is 1.80 bits per heavy atom. The van der Waals surface area contributed by atoms with Gasteiger partial charge in [0.15, 0.2) is 0 Å². The van der Waals surface area contributed by atoms with Crippen LogP contribution in [-0.2, 0) is 11.3 Å². The third kappa shape index (κ3) is 8.39. The summed E-state index contributed by atoms with van der Waals surface area (Å²) in [5.41, 5.74) is 1.74. The number of rotatable bonds is 12. The first-order valence-corrected chi connectivity index (χ1v) is 15.5. The zero-order chi connectivity index (χ0) is 28.6. The topological polar surface area (TPSA) is 117 Å². The van der Waals surface area contributed by atoms with Gasteiger partial charge in [-0.1, -0.05) is 64.4 Å². The second-order valence-electron chi connectivity index (χ2n) is 11.7. The highest BCUT2D eigenvalue weighted by Gasteiger charge is 2.35. The molecular weight excluding hydrogens is 526 g/mol. The zero-order valence-electron chi connectivity index (χ0n) is 24.2. The predicted molar refractivity (Wildman–Crippen MR) is 155 cm³/mol. The predicted octanol–water partition coefficient (Wildman–Crippen LogP) is 4.87. The Morgan fingerprint density at radius 1 is 1.05 bits per heavy atom. The summed E-state index contributed by atoms with van der Waals surface area (Å²) in [6, 6.07) is 6.70. The third-order valence-corrected chi connectivity index (χ3v) is 8.35. The number of nitrogens with one attached hydrogen (secondary N) is 2. The largest absolute Gasteiger partial charge is 0.408 e. The van der Waals surface area contributed by atoms with Crippen molar-refractivity contribution in [1.82, 2.24) is 25.7 Å². The molecule has 3 atom stereocenters. The van der Waals surface area contributed by atoms with Gasteiger partial charge in [0, 0.05) is 23.4 Å². The van der Waals surface area contributed by atoms with Crippen molar-refractivity contribution in [2.75, 3.05) is 13.1 Å². The van der Waals surface area contributed by atoms with E-state index >= 15 is 0 Å². The zero-order valence-corrected chi connectivity index (χ0v) is 25.0. The quantitative estimate of drug-likeness (QED) is 0.275. The fourth-order valence-corrected chi connectivity index (χ4v) is 6.19. The number of likely N-dealkylation sites (tertiary alicyclic amines) is 1. The van der Waals surface area contributed by atoms with Crippen LogP contribution >= 0.6 is 11.8 Å². The molecular formula is C30H43N5O4S. The summed E-state index contributed by atoms with van der Waals surface area (Å²) in [7, 11) is 0. The summed E-state index contributed by atoms with van der Waals surface area (Å²) < 4.78 is 5.60. The van der Waals surface area contributed by atoms with Crippen LogP contribution in [0.3, 0.4) is 0 Å². The lowest BCUT2D eigenvalue weighted by molar-refractivity contribution is -0.127. The lowest BCUT2D eigenvalue weighted by atomic mass is 9.83. The second-order valence-corrected chi connectivity index (χ2v) is 13.3. The molecule has 1 saturated heterocycles. The van der Waals surface area contributed by atoms with E-state index in [4.69, 9.17) is 4.42 Å². The van der Waals surface area contributed by atoms with Gasteiger partial charge < -0.3 is 15.1 Å². The van der Waals surface area contributed by atoms with E-state index in [0.29, 0.717) is 23.6 Å². The number of carbonyl (C=O) groups is 3. The number of carbonyl (C=O) groups excluding carboxylic acids is 3. The minimum absolute atomic E-state index is 0.0867. The molecule has 0 radical (unpaired) electrons. The summed E-state index contributed by atoms with van der Waals surface area (Å²) in [6.45, 7) is 11.0. The monoisotopic (exact) mass is 569 g/mol. The van der Waals surface area contributed by atoms with Gasteiger partial charge in [0.05, 0.1) is 12.0 Å². The molecule has 1 aliphatic carbocycles. The first kappa shape index (κ1) is 30.2. The van der Waals surface area contributed by atoms with Crippen molar-refractivity contribution in [2.45, 2.75) is 102 Å². The van der Waals surface area contributed by atoms with Crippen LogP contribution in [0.4, 0.5) is 0 Å². The highest BCUT2D eigenvalue weighted by atomic mass is 32.2. The van der Waals surface area contributed by atoms with Crippen LogP contribution in [0.2, 0.25) is 0 Å². The van der Waals surface area contributed by atoms with Crippen molar-refractivity contribution in [2.24, 2.45) is 11.8 Å². The van der Waals surface area contributed by atoms with Gasteiger partial charge in [-0.15, -0.1) is 10.2 Å². The summed E-state index contributed by atoms with van der Waals surface area (Å²) in [5.74, 6) is -1.10. The highest BCUT2D eigenvalue weighted by Crippen LogP contribution is 2.27. The molecule has 40 heavy (non-hydrogen) atoms.